The van der Waals surface area contributed by atoms with Crippen LogP contribution in [0.5, 0.6) is 0 Å². The van der Waals surface area contributed by atoms with E-state index >= 15 is 0 Å². The van der Waals surface area contributed by atoms with Crippen molar-refractivity contribution in [1.82, 2.24) is 9.62 Å². The van der Waals surface area contributed by atoms with Gasteiger partial charge in [0, 0.05) is 24.7 Å². The van der Waals surface area contributed by atoms with Crippen molar-refractivity contribution in [2.45, 2.75) is 23.4 Å². The number of carboxylic acids is 1. The molecule has 0 aromatic heterocycles. The normalized spacial score (nSPS) is 20.8. The van der Waals surface area contributed by atoms with Gasteiger partial charge in [-0.15, -0.1) is 0 Å². The number of likely N-dealkylation sites (tertiary alicyclic amines) is 1. The summed E-state index contributed by atoms with van der Waals surface area (Å²) in [4.78, 5) is 32.4. The molecule has 1 aromatic rings. The summed E-state index contributed by atoms with van der Waals surface area (Å²) in [5.74, 6) is -1.37. The maximum Gasteiger partial charge on any atom is 0.408 e. The Morgan fingerprint density at radius 2 is 1.83 bits per heavy atom. The Labute approximate surface area is 135 Å². The van der Waals surface area contributed by atoms with Crippen molar-refractivity contribution in [3.63, 3.8) is 0 Å². The molecule has 1 heterocycles. The maximum atomic E-state index is 12.2. The molecule has 0 aliphatic carbocycles. The summed E-state index contributed by atoms with van der Waals surface area (Å²) in [7, 11) is -4.07. The third-order valence-electron chi connectivity index (χ3n) is 3.51. The molecule has 1 fully saturated rings. The summed E-state index contributed by atoms with van der Waals surface area (Å²) in [6.45, 7) is -0.307. The van der Waals surface area contributed by atoms with Crippen molar-refractivity contribution in [2.75, 3.05) is 6.54 Å². The first-order valence-electron chi connectivity index (χ1n) is 6.61. The summed E-state index contributed by atoms with van der Waals surface area (Å²) in [5.41, 5.74) is -0.280. The Bertz CT molecular complexity index is 754. The van der Waals surface area contributed by atoms with Crippen LogP contribution in [-0.4, -0.2) is 59.1 Å². The lowest BCUT2D eigenvalue weighted by atomic mass is 10.2. The number of carboxylic acid groups (broad SMARTS) is 2. The van der Waals surface area contributed by atoms with E-state index in [2.05, 4.69) is 4.72 Å². The molecule has 2 rings (SSSR count). The van der Waals surface area contributed by atoms with Crippen LogP contribution in [0.2, 0.25) is 0 Å². The Morgan fingerprint density at radius 3 is 2.25 bits per heavy atom. The number of hydrogen-bond acceptors (Lipinski definition) is 6. The van der Waals surface area contributed by atoms with E-state index in [1.807, 2.05) is 0 Å². The van der Waals surface area contributed by atoms with E-state index in [1.165, 1.54) is 0 Å². The predicted molar refractivity (Wildman–Crippen MR) is 78.0 cm³/mol. The quantitative estimate of drug-likeness (QED) is 0.490. The number of nitro groups is 1. The van der Waals surface area contributed by atoms with Gasteiger partial charge in [0.05, 0.1) is 9.82 Å². The number of aliphatic carboxylic acids is 1. The minimum atomic E-state index is -4.07. The highest BCUT2D eigenvalue weighted by Crippen LogP contribution is 2.21. The molecule has 1 saturated heterocycles. The lowest BCUT2D eigenvalue weighted by Gasteiger charge is -2.16. The van der Waals surface area contributed by atoms with Gasteiger partial charge in [0.1, 0.15) is 6.04 Å². The number of sulfonamides is 1. The van der Waals surface area contributed by atoms with Crippen LogP contribution in [0.25, 0.3) is 0 Å². The third-order valence-corrected chi connectivity index (χ3v) is 5.05. The molecule has 1 aliphatic rings. The zero-order valence-electron chi connectivity index (χ0n) is 12.0. The second-order valence-electron chi connectivity index (χ2n) is 5.09. The lowest BCUT2D eigenvalue weighted by molar-refractivity contribution is -0.384. The molecule has 11 nitrogen and oxygen atoms in total. The van der Waals surface area contributed by atoms with E-state index in [0.29, 0.717) is 4.90 Å². The average Bonchev–Trinajstić information content (AvgIpc) is 2.91. The van der Waals surface area contributed by atoms with Gasteiger partial charge in [0.25, 0.3) is 5.69 Å². The Kier molecular flexibility index (Phi) is 4.71. The summed E-state index contributed by atoms with van der Waals surface area (Å²) in [6.07, 6.45) is -1.67. The molecular formula is C12H13N3O8S. The second-order valence-corrected chi connectivity index (χ2v) is 6.81. The van der Waals surface area contributed by atoms with Crippen LogP contribution in [0, 0.1) is 10.1 Å². The SMILES string of the molecule is O=C(O)[C@@H]1C[C@@H](NS(=O)(=O)c2ccc([N+](=O)[O-])cc2)CN1C(=O)O. The molecular weight excluding hydrogens is 346 g/mol. The molecule has 130 valence electrons. The smallest absolute Gasteiger partial charge is 0.408 e. The standard InChI is InChI=1S/C12H13N3O8S/c16-11(17)10-5-7(6-14(10)12(18)19)13-24(22,23)9-3-1-8(2-4-9)15(20)21/h1-4,7,10,13H,5-6H2,(H,16,17)(H,18,19)/t7-,10+/m1/s1. The number of nitrogens with zero attached hydrogens (tertiary/aromatic N) is 2. The van der Waals surface area contributed by atoms with Crippen molar-refractivity contribution in [3.8, 4) is 0 Å². The molecule has 2 atom stereocenters. The average molecular weight is 359 g/mol. The largest absolute Gasteiger partial charge is 0.480 e. The maximum absolute atomic E-state index is 12.2. The number of nitro benzene ring substituents is 1. The van der Waals surface area contributed by atoms with Gasteiger partial charge in [-0.25, -0.2) is 22.7 Å². The summed E-state index contributed by atoms with van der Waals surface area (Å²) in [6, 6.07) is 1.87. The van der Waals surface area contributed by atoms with Crippen molar-refractivity contribution >= 4 is 27.8 Å². The minimum Gasteiger partial charge on any atom is -0.480 e. The van der Waals surface area contributed by atoms with E-state index in [0.717, 1.165) is 24.3 Å². The molecule has 0 saturated carbocycles. The van der Waals surface area contributed by atoms with Gasteiger partial charge in [0.2, 0.25) is 10.0 Å². The highest BCUT2D eigenvalue weighted by Gasteiger charge is 2.41. The van der Waals surface area contributed by atoms with E-state index in [4.69, 9.17) is 10.2 Å². The highest BCUT2D eigenvalue weighted by atomic mass is 32.2. The Hall–Kier alpha value is -2.73. The van der Waals surface area contributed by atoms with E-state index < -0.39 is 39.1 Å². The van der Waals surface area contributed by atoms with Gasteiger partial charge in [-0.1, -0.05) is 0 Å². The first-order chi connectivity index (χ1) is 11.1. The van der Waals surface area contributed by atoms with Crippen molar-refractivity contribution < 1.29 is 33.1 Å². The first kappa shape index (κ1) is 17.6. The van der Waals surface area contributed by atoms with Crippen molar-refractivity contribution in [2.24, 2.45) is 0 Å². The van der Waals surface area contributed by atoms with Crippen LogP contribution in [-0.2, 0) is 14.8 Å². The number of amides is 1. The number of non-ortho nitro benzene ring substituents is 1. The number of benzene rings is 1. The van der Waals surface area contributed by atoms with E-state index in [9.17, 15) is 28.1 Å². The second kappa shape index (κ2) is 6.41. The van der Waals surface area contributed by atoms with Gasteiger partial charge in [-0.3, -0.25) is 15.0 Å². The van der Waals surface area contributed by atoms with Crippen LogP contribution < -0.4 is 4.72 Å². The zero-order valence-corrected chi connectivity index (χ0v) is 12.8. The minimum absolute atomic E-state index is 0.214. The Balaban J connectivity index is 2.16. The fraction of sp³-hybridized carbons (Fsp3) is 0.333. The van der Waals surface area contributed by atoms with Crippen molar-refractivity contribution in [3.05, 3.63) is 34.4 Å². The third kappa shape index (κ3) is 3.60. The lowest BCUT2D eigenvalue weighted by Crippen LogP contribution is -2.40. The summed E-state index contributed by atoms with van der Waals surface area (Å²) < 4.78 is 26.7. The molecule has 0 spiro atoms. The van der Waals surface area contributed by atoms with Gasteiger partial charge in [-0.2, -0.15) is 0 Å². The van der Waals surface area contributed by atoms with E-state index in [1.54, 1.807) is 0 Å². The summed E-state index contributed by atoms with van der Waals surface area (Å²) in [5, 5.41) is 28.5. The first-order valence-corrected chi connectivity index (χ1v) is 8.09. The number of hydrogen-bond donors (Lipinski definition) is 3. The highest BCUT2D eigenvalue weighted by molar-refractivity contribution is 7.89. The van der Waals surface area contributed by atoms with E-state index in [-0.39, 0.29) is 23.5 Å². The number of nitrogens with one attached hydrogen (secondary N) is 1. The van der Waals surface area contributed by atoms with Gasteiger partial charge in [0.15, 0.2) is 0 Å². The fourth-order valence-corrected chi connectivity index (χ4v) is 3.64. The molecule has 0 unspecified atom stereocenters. The molecule has 24 heavy (non-hydrogen) atoms. The molecule has 1 aliphatic heterocycles. The fourth-order valence-electron chi connectivity index (χ4n) is 2.40. The van der Waals surface area contributed by atoms with Crippen LogP contribution in [0.1, 0.15) is 6.42 Å². The zero-order chi connectivity index (χ0) is 18.1. The number of rotatable bonds is 5. The van der Waals surface area contributed by atoms with Gasteiger partial charge in [-0.05, 0) is 18.6 Å². The topological polar surface area (TPSA) is 167 Å². The molecule has 12 heteroatoms. The monoisotopic (exact) mass is 359 g/mol. The number of carbonyl (C=O) groups is 2. The van der Waals surface area contributed by atoms with Gasteiger partial charge >= 0.3 is 12.1 Å². The van der Waals surface area contributed by atoms with Crippen LogP contribution >= 0.6 is 0 Å². The molecule has 3 N–H and O–H groups in total. The van der Waals surface area contributed by atoms with Crippen LogP contribution in [0.3, 0.4) is 0 Å². The predicted octanol–water partition coefficient (Wildman–Crippen LogP) is 0.0786. The molecule has 0 bridgehead atoms. The Morgan fingerprint density at radius 1 is 1.25 bits per heavy atom. The van der Waals surface area contributed by atoms with Crippen LogP contribution in [0.15, 0.2) is 29.2 Å². The molecule has 1 amide bonds. The molecule has 1 aromatic carbocycles. The summed E-state index contributed by atoms with van der Waals surface area (Å²) >= 11 is 0. The van der Waals surface area contributed by atoms with Gasteiger partial charge < -0.3 is 10.2 Å². The molecule has 0 radical (unpaired) electrons. The van der Waals surface area contributed by atoms with Crippen LogP contribution in [0.4, 0.5) is 10.5 Å². The van der Waals surface area contributed by atoms with Crippen molar-refractivity contribution in [1.29, 1.82) is 0 Å².